The number of carbonyl (C=O) groups excluding carboxylic acids is 1. The van der Waals surface area contributed by atoms with Gasteiger partial charge in [0.05, 0.1) is 12.7 Å². The Labute approximate surface area is 126 Å². The van der Waals surface area contributed by atoms with Gasteiger partial charge in [0.2, 0.25) is 0 Å². The van der Waals surface area contributed by atoms with Crippen LogP contribution in [0.15, 0.2) is 24.3 Å². The Morgan fingerprint density at radius 3 is 2.90 bits per heavy atom. The summed E-state index contributed by atoms with van der Waals surface area (Å²) in [5.41, 5.74) is 0.601. The molecule has 2 N–H and O–H groups in total. The van der Waals surface area contributed by atoms with Crippen molar-refractivity contribution in [2.45, 2.75) is 39.2 Å². The maximum Gasteiger partial charge on any atom is 0.251 e. The van der Waals surface area contributed by atoms with E-state index in [1.165, 1.54) is 0 Å². The van der Waals surface area contributed by atoms with Gasteiger partial charge in [-0.05, 0) is 37.0 Å². The van der Waals surface area contributed by atoms with E-state index in [1.54, 1.807) is 12.1 Å². The van der Waals surface area contributed by atoms with Crippen LogP contribution in [0.1, 0.15) is 43.5 Å². The van der Waals surface area contributed by atoms with Gasteiger partial charge in [-0.3, -0.25) is 4.79 Å². The fourth-order valence-corrected chi connectivity index (χ4v) is 2.57. The first-order valence-corrected chi connectivity index (χ1v) is 7.75. The van der Waals surface area contributed by atoms with E-state index in [4.69, 9.17) is 4.74 Å². The zero-order valence-corrected chi connectivity index (χ0v) is 12.8. The second kappa shape index (κ2) is 7.46. The lowest BCUT2D eigenvalue weighted by Crippen LogP contribution is -2.32. The summed E-state index contributed by atoms with van der Waals surface area (Å²) in [5.74, 6) is 1.25. The van der Waals surface area contributed by atoms with Crippen molar-refractivity contribution in [2.24, 2.45) is 11.8 Å². The standard InChI is InChI=1S/C17H25NO3/c1-12(2)11-21-15-7-3-5-13(9-15)17(20)18-10-14-6-4-8-16(14)19/h3,5,7,9,12,14,16,19H,4,6,8,10-11H2,1-2H3,(H,18,20). The van der Waals surface area contributed by atoms with Crippen molar-refractivity contribution in [3.63, 3.8) is 0 Å². The van der Waals surface area contributed by atoms with E-state index in [0.717, 1.165) is 25.0 Å². The zero-order valence-electron chi connectivity index (χ0n) is 12.8. The highest BCUT2D eigenvalue weighted by Gasteiger charge is 2.25. The van der Waals surface area contributed by atoms with Crippen LogP contribution in [-0.2, 0) is 0 Å². The number of carbonyl (C=O) groups is 1. The summed E-state index contributed by atoms with van der Waals surface area (Å²) in [4.78, 5) is 12.2. The first-order chi connectivity index (χ1) is 10.1. The molecule has 2 unspecified atom stereocenters. The van der Waals surface area contributed by atoms with E-state index in [9.17, 15) is 9.90 Å². The average Bonchev–Trinajstić information content (AvgIpc) is 2.88. The first kappa shape index (κ1) is 15.8. The number of ether oxygens (including phenoxy) is 1. The van der Waals surface area contributed by atoms with Crippen LogP contribution in [0.4, 0.5) is 0 Å². The molecule has 0 aromatic heterocycles. The Morgan fingerprint density at radius 2 is 2.24 bits per heavy atom. The summed E-state index contributed by atoms with van der Waals surface area (Å²) in [6.07, 6.45) is 2.60. The highest BCUT2D eigenvalue weighted by molar-refractivity contribution is 5.94. The van der Waals surface area contributed by atoms with Gasteiger partial charge in [-0.2, -0.15) is 0 Å². The highest BCUT2D eigenvalue weighted by atomic mass is 16.5. The van der Waals surface area contributed by atoms with Gasteiger partial charge < -0.3 is 15.2 Å². The first-order valence-electron chi connectivity index (χ1n) is 7.75. The molecule has 4 nitrogen and oxygen atoms in total. The van der Waals surface area contributed by atoms with Gasteiger partial charge in [-0.15, -0.1) is 0 Å². The van der Waals surface area contributed by atoms with Crippen LogP contribution in [0.2, 0.25) is 0 Å². The summed E-state index contributed by atoms with van der Waals surface area (Å²) in [6.45, 7) is 5.35. The van der Waals surface area contributed by atoms with E-state index in [1.807, 2.05) is 12.1 Å². The number of benzene rings is 1. The van der Waals surface area contributed by atoms with Crippen LogP contribution in [0.3, 0.4) is 0 Å². The minimum absolute atomic E-state index is 0.107. The molecule has 2 rings (SSSR count). The number of amides is 1. The molecule has 0 radical (unpaired) electrons. The molecule has 1 aliphatic carbocycles. The lowest BCUT2D eigenvalue weighted by Gasteiger charge is -2.15. The molecule has 1 aromatic rings. The Hall–Kier alpha value is -1.55. The van der Waals surface area contributed by atoms with Crippen LogP contribution in [-0.4, -0.2) is 30.3 Å². The number of hydrogen-bond donors (Lipinski definition) is 2. The normalized spacial score (nSPS) is 21.5. The molecule has 0 bridgehead atoms. The molecular formula is C17H25NO3. The summed E-state index contributed by atoms with van der Waals surface area (Å²) in [6, 6.07) is 7.24. The Bertz CT molecular complexity index is 473. The number of aliphatic hydroxyl groups excluding tert-OH is 1. The van der Waals surface area contributed by atoms with E-state index < -0.39 is 0 Å². The van der Waals surface area contributed by atoms with Gasteiger partial charge in [0.15, 0.2) is 0 Å². The van der Waals surface area contributed by atoms with Crippen molar-refractivity contribution in [3.05, 3.63) is 29.8 Å². The van der Waals surface area contributed by atoms with Gasteiger partial charge in [-0.1, -0.05) is 26.3 Å². The summed E-state index contributed by atoms with van der Waals surface area (Å²) in [7, 11) is 0. The molecule has 0 spiro atoms. The number of aliphatic hydroxyl groups is 1. The van der Waals surface area contributed by atoms with Gasteiger partial charge >= 0.3 is 0 Å². The van der Waals surface area contributed by atoms with E-state index in [2.05, 4.69) is 19.2 Å². The number of rotatable bonds is 6. The van der Waals surface area contributed by atoms with E-state index in [-0.39, 0.29) is 17.9 Å². The van der Waals surface area contributed by atoms with E-state index in [0.29, 0.717) is 24.6 Å². The third-order valence-electron chi connectivity index (χ3n) is 3.82. The molecule has 1 aliphatic rings. The predicted octanol–water partition coefficient (Wildman–Crippen LogP) is 2.61. The van der Waals surface area contributed by atoms with Gasteiger partial charge in [0.1, 0.15) is 5.75 Å². The molecular weight excluding hydrogens is 266 g/mol. The van der Waals surface area contributed by atoms with Crippen molar-refractivity contribution < 1.29 is 14.6 Å². The van der Waals surface area contributed by atoms with Crippen LogP contribution in [0.5, 0.6) is 5.75 Å². The lowest BCUT2D eigenvalue weighted by molar-refractivity contribution is 0.0916. The predicted molar refractivity (Wildman–Crippen MR) is 82.5 cm³/mol. The van der Waals surface area contributed by atoms with Crippen LogP contribution < -0.4 is 10.1 Å². The van der Waals surface area contributed by atoms with Crippen LogP contribution >= 0.6 is 0 Å². The maximum absolute atomic E-state index is 12.2. The fourth-order valence-electron chi connectivity index (χ4n) is 2.57. The second-order valence-electron chi connectivity index (χ2n) is 6.20. The summed E-state index contributed by atoms with van der Waals surface area (Å²) >= 11 is 0. The minimum Gasteiger partial charge on any atom is -0.493 e. The molecule has 4 heteroatoms. The largest absolute Gasteiger partial charge is 0.493 e. The molecule has 21 heavy (non-hydrogen) atoms. The lowest BCUT2D eigenvalue weighted by atomic mass is 10.1. The molecule has 0 saturated heterocycles. The molecule has 116 valence electrons. The molecule has 1 fully saturated rings. The topological polar surface area (TPSA) is 58.6 Å². The number of nitrogens with one attached hydrogen (secondary N) is 1. The number of hydrogen-bond acceptors (Lipinski definition) is 3. The molecule has 1 saturated carbocycles. The highest BCUT2D eigenvalue weighted by Crippen LogP contribution is 2.24. The zero-order chi connectivity index (χ0) is 15.2. The Morgan fingerprint density at radius 1 is 1.43 bits per heavy atom. The van der Waals surface area contributed by atoms with Crippen molar-refractivity contribution >= 4 is 5.91 Å². The van der Waals surface area contributed by atoms with Crippen molar-refractivity contribution in [1.82, 2.24) is 5.32 Å². The second-order valence-corrected chi connectivity index (χ2v) is 6.20. The van der Waals surface area contributed by atoms with Gasteiger partial charge in [0.25, 0.3) is 5.91 Å². The molecule has 1 amide bonds. The molecule has 2 atom stereocenters. The summed E-state index contributed by atoms with van der Waals surface area (Å²) in [5, 5.41) is 12.7. The monoisotopic (exact) mass is 291 g/mol. The molecule has 0 heterocycles. The maximum atomic E-state index is 12.2. The quantitative estimate of drug-likeness (QED) is 0.847. The van der Waals surface area contributed by atoms with Crippen LogP contribution in [0.25, 0.3) is 0 Å². The average molecular weight is 291 g/mol. The molecule has 1 aromatic carbocycles. The van der Waals surface area contributed by atoms with Crippen molar-refractivity contribution in [3.8, 4) is 5.75 Å². The van der Waals surface area contributed by atoms with Crippen LogP contribution in [0, 0.1) is 11.8 Å². The SMILES string of the molecule is CC(C)COc1cccc(C(=O)NCC2CCCC2O)c1. The Balaban J connectivity index is 1.88. The summed E-state index contributed by atoms with van der Waals surface area (Å²) < 4.78 is 5.63. The van der Waals surface area contributed by atoms with E-state index >= 15 is 0 Å². The van der Waals surface area contributed by atoms with Gasteiger partial charge in [-0.25, -0.2) is 0 Å². The third-order valence-corrected chi connectivity index (χ3v) is 3.82. The molecule has 0 aliphatic heterocycles. The Kier molecular flexibility index (Phi) is 5.62. The third kappa shape index (κ3) is 4.74. The fraction of sp³-hybridized carbons (Fsp3) is 0.588. The minimum atomic E-state index is -0.272. The van der Waals surface area contributed by atoms with Crippen molar-refractivity contribution in [2.75, 3.05) is 13.2 Å². The smallest absolute Gasteiger partial charge is 0.251 e. The van der Waals surface area contributed by atoms with Crippen molar-refractivity contribution in [1.29, 1.82) is 0 Å². The van der Waals surface area contributed by atoms with Gasteiger partial charge in [0, 0.05) is 18.0 Å².